The van der Waals surface area contributed by atoms with Gasteiger partial charge in [-0.15, -0.1) is 10.2 Å². The minimum Gasteiger partial charge on any atom is -0.497 e. The molecular formula is C13H15N3O3S2. The van der Waals surface area contributed by atoms with E-state index in [0.29, 0.717) is 16.6 Å². The molecule has 21 heavy (non-hydrogen) atoms. The van der Waals surface area contributed by atoms with Crippen LogP contribution in [0.5, 0.6) is 11.5 Å². The number of hydrogen-bond donors (Lipinski definition) is 1. The highest BCUT2D eigenvalue weighted by molar-refractivity contribution is 8.00. The number of benzene rings is 1. The highest BCUT2D eigenvalue weighted by atomic mass is 32.2. The van der Waals surface area contributed by atoms with E-state index in [1.807, 2.05) is 12.3 Å². The third kappa shape index (κ3) is 4.33. The molecule has 0 spiro atoms. The van der Waals surface area contributed by atoms with Crippen LogP contribution in [0.3, 0.4) is 0 Å². The molecule has 6 nitrogen and oxygen atoms in total. The maximum Gasteiger partial charge on any atom is 0.266 e. The highest BCUT2D eigenvalue weighted by Crippen LogP contribution is 2.24. The third-order valence-electron chi connectivity index (χ3n) is 2.53. The first kappa shape index (κ1) is 15.6. The molecule has 0 saturated heterocycles. The first-order valence-corrected chi connectivity index (χ1v) is 8.15. The summed E-state index contributed by atoms with van der Waals surface area (Å²) in [7, 11) is 1.58. The van der Waals surface area contributed by atoms with Crippen molar-refractivity contribution in [2.45, 2.75) is 17.4 Å². The van der Waals surface area contributed by atoms with Crippen LogP contribution in [0.25, 0.3) is 0 Å². The summed E-state index contributed by atoms with van der Waals surface area (Å²) in [6.45, 7) is 1.67. The molecule has 0 fully saturated rings. The molecule has 2 rings (SSSR count). The van der Waals surface area contributed by atoms with Crippen molar-refractivity contribution in [3.63, 3.8) is 0 Å². The lowest BCUT2D eigenvalue weighted by atomic mass is 10.3. The maximum absolute atomic E-state index is 12.0. The molecular weight excluding hydrogens is 310 g/mol. The van der Waals surface area contributed by atoms with Gasteiger partial charge in [-0.2, -0.15) is 0 Å². The zero-order chi connectivity index (χ0) is 15.2. The molecule has 1 atom stereocenters. The average molecular weight is 325 g/mol. The van der Waals surface area contributed by atoms with E-state index in [0.717, 1.165) is 4.34 Å². The predicted molar refractivity (Wildman–Crippen MR) is 83.4 cm³/mol. The SMILES string of the molecule is COc1cccc(O[C@@H](C)C(=O)Nc2nnc(SC)s2)c1. The lowest BCUT2D eigenvalue weighted by Crippen LogP contribution is -2.30. The van der Waals surface area contributed by atoms with Gasteiger partial charge in [0.25, 0.3) is 5.91 Å². The second-order valence-corrected chi connectivity index (χ2v) is 6.04. The average Bonchev–Trinajstić information content (AvgIpc) is 2.95. The number of rotatable bonds is 6. The number of methoxy groups -OCH3 is 1. The Kier molecular flexibility index (Phi) is 5.40. The van der Waals surface area contributed by atoms with Crippen molar-refractivity contribution in [2.75, 3.05) is 18.7 Å². The molecule has 0 unspecified atom stereocenters. The van der Waals surface area contributed by atoms with Crippen LogP contribution in [0.4, 0.5) is 5.13 Å². The number of anilines is 1. The molecule has 112 valence electrons. The van der Waals surface area contributed by atoms with Gasteiger partial charge in [0, 0.05) is 6.07 Å². The fraction of sp³-hybridized carbons (Fsp3) is 0.308. The highest BCUT2D eigenvalue weighted by Gasteiger charge is 2.17. The van der Waals surface area contributed by atoms with Crippen molar-refractivity contribution in [1.29, 1.82) is 0 Å². The summed E-state index contributed by atoms with van der Waals surface area (Å²) in [5, 5.41) is 10.9. The molecule has 0 aliphatic carbocycles. The molecule has 0 bridgehead atoms. The standard InChI is InChI=1S/C13H15N3O3S2/c1-8(19-10-6-4-5-9(7-10)18-2)11(17)14-12-15-16-13(20-3)21-12/h4-8H,1-3H3,(H,14,15,17)/t8-/m0/s1. The zero-order valence-electron chi connectivity index (χ0n) is 11.8. The second kappa shape index (κ2) is 7.28. The smallest absolute Gasteiger partial charge is 0.266 e. The number of thioether (sulfide) groups is 1. The van der Waals surface area contributed by atoms with Gasteiger partial charge in [0.15, 0.2) is 10.4 Å². The van der Waals surface area contributed by atoms with Gasteiger partial charge >= 0.3 is 0 Å². The Bertz CT molecular complexity index is 618. The van der Waals surface area contributed by atoms with Crippen LogP contribution in [0.1, 0.15) is 6.92 Å². The fourth-order valence-corrected chi connectivity index (χ4v) is 2.65. The van der Waals surface area contributed by atoms with Crippen LogP contribution < -0.4 is 14.8 Å². The topological polar surface area (TPSA) is 73.3 Å². The summed E-state index contributed by atoms with van der Waals surface area (Å²) in [6, 6.07) is 7.10. The van der Waals surface area contributed by atoms with Crippen LogP contribution in [0, 0.1) is 0 Å². The van der Waals surface area contributed by atoms with Gasteiger partial charge in [-0.1, -0.05) is 29.2 Å². The van der Waals surface area contributed by atoms with Crippen LogP contribution in [-0.4, -0.2) is 35.6 Å². The normalized spacial score (nSPS) is 11.8. The largest absolute Gasteiger partial charge is 0.497 e. The minimum absolute atomic E-state index is 0.276. The summed E-state index contributed by atoms with van der Waals surface area (Å²) in [4.78, 5) is 12.0. The number of nitrogens with one attached hydrogen (secondary N) is 1. The van der Waals surface area contributed by atoms with E-state index in [1.165, 1.54) is 23.1 Å². The van der Waals surface area contributed by atoms with Crippen molar-refractivity contribution >= 4 is 34.1 Å². The molecule has 0 aliphatic heterocycles. The molecule has 1 aromatic carbocycles. The van der Waals surface area contributed by atoms with E-state index in [1.54, 1.807) is 32.2 Å². The number of carbonyl (C=O) groups excluding carboxylic acids is 1. The van der Waals surface area contributed by atoms with Gasteiger partial charge < -0.3 is 9.47 Å². The number of aromatic nitrogens is 2. The molecule has 0 radical (unpaired) electrons. The Balaban J connectivity index is 1.95. The molecule has 1 aromatic heterocycles. The van der Waals surface area contributed by atoms with Crippen LogP contribution in [0.15, 0.2) is 28.6 Å². The first-order chi connectivity index (χ1) is 10.1. The monoisotopic (exact) mass is 325 g/mol. The van der Waals surface area contributed by atoms with Gasteiger partial charge in [0.05, 0.1) is 7.11 Å². The molecule has 8 heteroatoms. The Morgan fingerprint density at radius 2 is 2.14 bits per heavy atom. The van der Waals surface area contributed by atoms with Gasteiger partial charge in [0.1, 0.15) is 11.5 Å². The number of ether oxygens (including phenoxy) is 2. The second-order valence-electron chi connectivity index (χ2n) is 4.01. The van der Waals surface area contributed by atoms with E-state index < -0.39 is 6.10 Å². The number of amides is 1. The quantitative estimate of drug-likeness (QED) is 0.650. The molecule has 1 amide bonds. The third-order valence-corrected chi connectivity index (χ3v) is 4.35. The van der Waals surface area contributed by atoms with Gasteiger partial charge in [-0.05, 0) is 25.3 Å². The Morgan fingerprint density at radius 3 is 2.81 bits per heavy atom. The summed E-state index contributed by atoms with van der Waals surface area (Å²) >= 11 is 2.80. The molecule has 2 aromatic rings. The van der Waals surface area contributed by atoms with Crippen molar-refractivity contribution in [3.8, 4) is 11.5 Å². The van der Waals surface area contributed by atoms with Crippen LogP contribution >= 0.6 is 23.1 Å². The van der Waals surface area contributed by atoms with Crippen molar-refractivity contribution < 1.29 is 14.3 Å². The van der Waals surface area contributed by atoms with Gasteiger partial charge in [0.2, 0.25) is 5.13 Å². The maximum atomic E-state index is 12.0. The van der Waals surface area contributed by atoms with Crippen molar-refractivity contribution in [3.05, 3.63) is 24.3 Å². The molecule has 0 aliphatic rings. The lowest BCUT2D eigenvalue weighted by molar-refractivity contribution is -0.122. The minimum atomic E-state index is -0.654. The van der Waals surface area contributed by atoms with E-state index >= 15 is 0 Å². The fourth-order valence-electron chi connectivity index (χ4n) is 1.48. The van der Waals surface area contributed by atoms with E-state index in [9.17, 15) is 4.79 Å². The van der Waals surface area contributed by atoms with E-state index in [2.05, 4.69) is 15.5 Å². The predicted octanol–water partition coefficient (Wildman–Crippen LogP) is 2.67. The van der Waals surface area contributed by atoms with Crippen molar-refractivity contribution in [2.24, 2.45) is 0 Å². The summed E-state index contributed by atoms with van der Waals surface area (Å²) in [5.41, 5.74) is 0. The Morgan fingerprint density at radius 1 is 1.38 bits per heavy atom. The van der Waals surface area contributed by atoms with E-state index in [4.69, 9.17) is 9.47 Å². The lowest BCUT2D eigenvalue weighted by Gasteiger charge is -2.14. The van der Waals surface area contributed by atoms with Gasteiger partial charge in [-0.3, -0.25) is 10.1 Å². The number of nitrogens with zero attached hydrogens (tertiary/aromatic N) is 2. The molecule has 0 saturated carbocycles. The van der Waals surface area contributed by atoms with Crippen molar-refractivity contribution in [1.82, 2.24) is 10.2 Å². The van der Waals surface area contributed by atoms with Crippen LogP contribution in [-0.2, 0) is 4.79 Å². The summed E-state index contributed by atoms with van der Waals surface area (Å²) in [6.07, 6.45) is 1.25. The summed E-state index contributed by atoms with van der Waals surface area (Å²) in [5.74, 6) is 0.967. The van der Waals surface area contributed by atoms with Crippen LogP contribution in [0.2, 0.25) is 0 Å². The summed E-state index contributed by atoms with van der Waals surface area (Å²) < 4.78 is 11.5. The first-order valence-electron chi connectivity index (χ1n) is 6.11. The van der Waals surface area contributed by atoms with Gasteiger partial charge in [-0.25, -0.2) is 0 Å². The molecule has 1 N–H and O–H groups in total. The molecule has 1 heterocycles. The number of hydrogen-bond acceptors (Lipinski definition) is 7. The Hall–Kier alpha value is -1.80. The number of carbonyl (C=O) groups is 1. The van der Waals surface area contributed by atoms with E-state index in [-0.39, 0.29) is 5.91 Å². The zero-order valence-corrected chi connectivity index (χ0v) is 13.5. The Labute approximate surface area is 130 Å².